The van der Waals surface area contributed by atoms with Crippen molar-refractivity contribution in [3.63, 3.8) is 0 Å². The van der Waals surface area contributed by atoms with Crippen LogP contribution in [0.1, 0.15) is 27.6 Å². The molecular weight excluding hydrogens is 366 g/mol. The zero-order valence-corrected chi connectivity index (χ0v) is 15.0. The standard InChI is InChI=1S/C18H13N5O3S/c1-11(24)10-27-18-21-20-15(14-8-4-5-9-19-14)22(18)23-16(25)12-6-2-3-7-13(12)17(23)26/h2-9H,10H2,1H3. The number of hydrogen-bond acceptors (Lipinski definition) is 7. The van der Waals surface area contributed by atoms with Gasteiger partial charge in [-0.3, -0.25) is 19.4 Å². The first-order chi connectivity index (χ1) is 13.1. The molecule has 0 bridgehead atoms. The predicted octanol–water partition coefficient (Wildman–Crippen LogP) is 1.95. The van der Waals surface area contributed by atoms with Crippen LogP contribution >= 0.6 is 11.8 Å². The van der Waals surface area contributed by atoms with Crippen LogP contribution < -0.4 is 5.01 Å². The average molecular weight is 379 g/mol. The van der Waals surface area contributed by atoms with Crippen molar-refractivity contribution in [2.24, 2.45) is 0 Å². The Bertz CT molecular complexity index is 1030. The number of hydrogen-bond donors (Lipinski definition) is 0. The molecule has 0 radical (unpaired) electrons. The smallest absolute Gasteiger partial charge is 0.281 e. The molecule has 0 N–H and O–H groups in total. The highest BCUT2D eigenvalue weighted by atomic mass is 32.2. The number of imide groups is 1. The first-order valence-electron chi connectivity index (χ1n) is 8.05. The number of rotatable bonds is 5. The first kappa shape index (κ1) is 17.1. The Labute approximate surface area is 158 Å². The summed E-state index contributed by atoms with van der Waals surface area (Å²) in [5.41, 5.74) is 1.08. The van der Waals surface area contributed by atoms with Gasteiger partial charge >= 0.3 is 0 Å². The molecule has 4 rings (SSSR count). The summed E-state index contributed by atoms with van der Waals surface area (Å²) in [6.45, 7) is 1.45. The molecule has 2 aromatic heterocycles. The topological polar surface area (TPSA) is 98.1 Å². The number of aromatic nitrogens is 4. The lowest BCUT2D eigenvalue weighted by molar-refractivity contribution is -0.114. The van der Waals surface area contributed by atoms with E-state index in [0.29, 0.717) is 16.8 Å². The summed E-state index contributed by atoms with van der Waals surface area (Å²) in [5, 5.41) is 9.45. The van der Waals surface area contributed by atoms with Crippen molar-refractivity contribution in [1.29, 1.82) is 0 Å². The number of carbonyl (C=O) groups is 3. The van der Waals surface area contributed by atoms with Gasteiger partial charge in [0.2, 0.25) is 11.0 Å². The second-order valence-electron chi connectivity index (χ2n) is 5.79. The fourth-order valence-electron chi connectivity index (χ4n) is 2.71. The van der Waals surface area contributed by atoms with E-state index in [4.69, 9.17) is 0 Å². The van der Waals surface area contributed by atoms with Crippen molar-refractivity contribution >= 4 is 29.4 Å². The third-order valence-electron chi connectivity index (χ3n) is 3.88. The van der Waals surface area contributed by atoms with Crippen LogP contribution in [0.5, 0.6) is 0 Å². The summed E-state index contributed by atoms with van der Waals surface area (Å²) in [6.07, 6.45) is 1.58. The third-order valence-corrected chi connectivity index (χ3v) is 4.95. The van der Waals surface area contributed by atoms with Crippen LogP contribution in [0.25, 0.3) is 11.5 Å². The molecule has 0 fully saturated rings. The minimum absolute atomic E-state index is 0.0590. The molecule has 0 spiro atoms. The molecular formula is C18H13N5O3S. The summed E-state index contributed by atoms with van der Waals surface area (Å²) in [5.74, 6) is -0.620. The van der Waals surface area contributed by atoms with E-state index < -0.39 is 11.8 Å². The molecule has 0 saturated carbocycles. The Balaban J connectivity index is 1.86. The molecule has 3 aromatic rings. The molecule has 1 aromatic carbocycles. The minimum Gasteiger partial charge on any atom is -0.299 e. The SMILES string of the molecule is CC(=O)CSc1nnc(-c2ccccn2)n1N1C(=O)c2ccccc2C1=O. The summed E-state index contributed by atoms with van der Waals surface area (Å²) >= 11 is 1.11. The number of thioether (sulfide) groups is 1. The number of fused-ring (bicyclic) bond motifs is 1. The molecule has 0 saturated heterocycles. The summed E-state index contributed by atoms with van der Waals surface area (Å²) in [6, 6.07) is 11.8. The van der Waals surface area contributed by atoms with Crippen LogP contribution in [0.2, 0.25) is 0 Å². The lowest BCUT2D eigenvalue weighted by atomic mass is 10.1. The number of pyridine rings is 1. The summed E-state index contributed by atoms with van der Waals surface area (Å²) in [4.78, 5) is 41.5. The van der Waals surface area contributed by atoms with Crippen molar-refractivity contribution in [3.8, 4) is 11.5 Å². The van der Waals surface area contributed by atoms with Gasteiger partial charge in [-0.25, -0.2) is 0 Å². The van der Waals surface area contributed by atoms with Crippen LogP contribution in [0, 0.1) is 0 Å². The number of ketones is 1. The van der Waals surface area contributed by atoms with E-state index in [1.165, 1.54) is 11.6 Å². The number of nitrogens with zero attached hydrogens (tertiary/aromatic N) is 5. The van der Waals surface area contributed by atoms with Crippen molar-refractivity contribution in [1.82, 2.24) is 19.9 Å². The first-order valence-corrected chi connectivity index (χ1v) is 9.03. The quantitative estimate of drug-likeness (QED) is 0.494. The van der Waals surface area contributed by atoms with Crippen LogP contribution in [0.3, 0.4) is 0 Å². The maximum Gasteiger partial charge on any atom is 0.281 e. The van der Waals surface area contributed by atoms with Gasteiger partial charge in [-0.15, -0.1) is 10.2 Å². The van der Waals surface area contributed by atoms with E-state index >= 15 is 0 Å². The van der Waals surface area contributed by atoms with Gasteiger partial charge in [0.1, 0.15) is 11.5 Å². The van der Waals surface area contributed by atoms with Crippen molar-refractivity contribution in [2.75, 3.05) is 10.8 Å². The van der Waals surface area contributed by atoms with E-state index in [1.807, 2.05) is 0 Å². The van der Waals surface area contributed by atoms with E-state index in [9.17, 15) is 14.4 Å². The lowest BCUT2D eigenvalue weighted by Gasteiger charge is -2.18. The van der Waals surface area contributed by atoms with Gasteiger partial charge in [0.05, 0.1) is 16.9 Å². The summed E-state index contributed by atoms with van der Waals surface area (Å²) in [7, 11) is 0. The summed E-state index contributed by atoms with van der Waals surface area (Å²) < 4.78 is 1.33. The van der Waals surface area contributed by atoms with Crippen LogP contribution in [-0.2, 0) is 4.79 Å². The van der Waals surface area contributed by atoms with Crippen molar-refractivity contribution < 1.29 is 14.4 Å². The molecule has 0 aliphatic carbocycles. The lowest BCUT2D eigenvalue weighted by Crippen LogP contribution is -2.41. The number of carbonyl (C=O) groups excluding carboxylic acids is 3. The van der Waals surface area contributed by atoms with Gasteiger partial charge in [0, 0.05) is 6.20 Å². The van der Waals surface area contributed by atoms with Crippen molar-refractivity contribution in [2.45, 2.75) is 12.1 Å². The second-order valence-corrected chi connectivity index (χ2v) is 6.73. The molecule has 3 heterocycles. The Hall–Kier alpha value is -3.33. The molecule has 27 heavy (non-hydrogen) atoms. The predicted molar refractivity (Wildman–Crippen MR) is 98.0 cm³/mol. The van der Waals surface area contributed by atoms with Crippen molar-refractivity contribution in [3.05, 3.63) is 59.8 Å². The number of amides is 2. The molecule has 0 unspecified atom stereocenters. The van der Waals surface area contributed by atoms with E-state index in [-0.39, 0.29) is 22.5 Å². The van der Waals surface area contributed by atoms with Gasteiger partial charge in [-0.2, -0.15) is 9.69 Å². The molecule has 0 atom stereocenters. The number of benzene rings is 1. The van der Waals surface area contributed by atoms with Crippen LogP contribution in [0.15, 0.2) is 53.8 Å². The maximum atomic E-state index is 12.9. The Morgan fingerprint density at radius 1 is 1.00 bits per heavy atom. The van der Waals surface area contributed by atoms with Gasteiger partial charge < -0.3 is 0 Å². The highest BCUT2D eigenvalue weighted by molar-refractivity contribution is 7.99. The van der Waals surface area contributed by atoms with Crippen LogP contribution in [0.4, 0.5) is 0 Å². The normalized spacial score (nSPS) is 13.1. The fraction of sp³-hybridized carbons (Fsp3) is 0.111. The maximum absolute atomic E-state index is 12.9. The highest BCUT2D eigenvalue weighted by Gasteiger charge is 2.39. The van der Waals surface area contributed by atoms with E-state index in [1.54, 1.807) is 48.7 Å². The van der Waals surface area contributed by atoms with Gasteiger partial charge in [-0.1, -0.05) is 30.0 Å². The molecule has 8 nitrogen and oxygen atoms in total. The molecule has 1 aliphatic rings. The molecule has 9 heteroatoms. The fourth-order valence-corrected chi connectivity index (χ4v) is 3.44. The Morgan fingerprint density at radius 2 is 1.67 bits per heavy atom. The molecule has 2 amide bonds. The molecule has 134 valence electrons. The highest BCUT2D eigenvalue weighted by Crippen LogP contribution is 2.28. The van der Waals surface area contributed by atoms with Gasteiger partial charge in [-0.05, 0) is 31.2 Å². The monoisotopic (exact) mass is 379 g/mol. The second kappa shape index (κ2) is 6.76. The largest absolute Gasteiger partial charge is 0.299 e. The van der Waals surface area contributed by atoms with E-state index in [0.717, 1.165) is 16.8 Å². The zero-order valence-electron chi connectivity index (χ0n) is 14.2. The Kier molecular flexibility index (Phi) is 4.28. The zero-order chi connectivity index (χ0) is 19.0. The van der Waals surface area contributed by atoms with Gasteiger partial charge in [0.25, 0.3) is 11.8 Å². The average Bonchev–Trinajstić information content (AvgIpc) is 3.20. The number of Topliss-reactive ketones (excluding diaryl/α,β-unsaturated/α-hetero) is 1. The molecule has 1 aliphatic heterocycles. The third kappa shape index (κ3) is 2.91. The van der Waals surface area contributed by atoms with Crippen LogP contribution in [-0.4, -0.2) is 43.2 Å². The van der Waals surface area contributed by atoms with E-state index in [2.05, 4.69) is 15.2 Å². The van der Waals surface area contributed by atoms with Gasteiger partial charge in [0.15, 0.2) is 0 Å². The minimum atomic E-state index is -0.475. The Morgan fingerprint density at radius 3 is 2.26 bits per heavy atom.